The van der Waals surface area contributed by atoms with E-state index in [1.165, 1.54) is 22.3 Å². The third-order valence-corrected chi connectivity index (χ3v) is 7.78. The van der Waals surface area contributed by atoms with Gasteiger partial charge in [-0.05, 0) is 59.7 Å². The molecule has 3 aliphatic rings. The van der Waals surface area contributed by atoms with Crippen LogP contribution >= 0.6 is 11.6 Å². The highest BCUT2D eigenvalue weighted by Crippen LogP contribution is 2.60. The molecule has 1 saturated heterocycles. The lowest BCUT2D eigenvalue weighted by Gasteiger charge is -2.40. The van der Waals surface area contributed by atoms with Gasteiger partial charge in [-0.25, -0.2) is 9.78 Å². The maximum Gasteiger partial charge on any atom is 0.414 e. The van der Waals surface area contributed by atoms with E-state index in [9.17, 15) is 4.79 Å². The number of halogens is 1. The molecule has 2 aromatic carbocycles. The lowest BCUT2D eigenvalue weighted by Crippen LogP contribution is -2.49. The zero-order chi connectivity index (χ0) is 22.4. The second-order valence-corrected chi connectivity index (χ2v) is 9.85. The molecule has 6 rings (SSSR count). The molecule has 1 N–H and O–H groups in total. The van der Waals surface area contributed by atoms with E-state index in [1.807, 2.05) is 6.07 Å². The maximum absolute atomic E-state index is 12.3. The molecule has 2 aliphatic carbocycles. The minimum atomic E-state index is -0.433. The van der Waals surface area contributed by atoms with Gasteiger partial charge in [0, 0.05) is 54.3 Å². The highest BCUT2D eigenvalue weighted by atomic mass is 35.5. The SMILES string of the molecule is O=C(NC1CCN(CC23CC(c4ccccc42)c2ccc(Cl)cc23)CC1)Oc1ccccn1. The zero-order valence-electron chi connectivity index (χ0n) is 18.3. The second-order valence-electron chi connectivity index (χ2n) is 9.41. The molecule has 3 aromatic rings. The molecule has 2 heterocycles. The third kappa shape index (κ3) is 3.60. The van der Waals surface area contributed by atoms with E-state index >= 15 is 0 Å². The first-order valence-corrected chi connectivity index (χ1v) is 12.0. The number of benzene rings is 2. The van der Waals surface area contributed by atoms with Gasteiger partial charge in [0.2, 0.25) is 5.88 Å². The van der Waals surface area contributed by atoms with Crippen molar-refractivity contribution in [2.75, 3.05) is 19.6 Å². The number of amides is 1. The number of piperidine rings is 1. The van der Waals surface area contributed by atoms with Crippen molar-refractivity contribution in [2.24, 2.45) is 0 Å². The molecule has 0 radical (unpaired) electrons. The Morgan fingerprint density at radius 1 is 1.06 bits per heavy atom. The monoisotopic (exact) mass is 459 g/mol. The first-order valence-electron chi connectivity index (χ1n) is 11.6. The quantitative estimate of drug-likeness (QED) is 0.588. The first kappa shape index (κ1) is 20.7. The van der Waals surface area contributed by atoms with Crippen LogP contribution in [0.25, 0.3) is 0 Å². The largest absolute Gasteiger partial charge is 0.414 e. The summed E-state index contributed by atoms with van der Waals surface area (Å²) in [5.74, 6) is 0.786. The van der Waals surface area contributed by atoms with Gasteiger partial charge in [0.1, 0.15) is 0 Å². The summed E-state index contributed by atoms with van der Waals surface area (Å²) in [4.78, 5) is 18.8. The number of carbonyl (C=O) groups is 1. The van der Waals surface area contributed by atoms with Crippen LogP contribution in [0.3, 0.4) is 0 Å². The van der Waals surface area contributed by atoms with Gasteiger partial charge >= 0.3 is 6.09 Å². The van der Waals surface area contributed by atoms with E-state index in [0.29, 0.717) is 11.8 Å². The molecule has 1 fully saturated rings. The van der Waals surface area contributed by atoms with Gasteiger partial charge in [-0.1, -0.05) is 48.0 Å². The number of hydrogen-bond donors (Lipinski definition) is 1. The number of rotatable bonds is 4. The maximum atomic E-state index is 12.3. The number of likely N-dealkylation sites (tertiary alicyclic amines) is 1. The predicted molar refractivity (Wildman–Crippen MR) is 128 cm³/mol. The molecule has 2 unspecified atom stereocenters. The van der Waals surface area contributed by atoms with Crippen molar-refractivity contribution in [1.82, 2.24) is 15.2 Å². The van der Waals surface area contributed by atoms with Crippen molar-refractivity contribution in [3.8, 4) is 5.88 Å². The standard InChI is InChI=1S/C27H26ClN3O2/c28-18-8-9-21-22-16-27(24(21)15-18,23-6-2-1-5-20(22)23)17-31-13-10-19(11-14-31)30-26(32)33-25-7-3-4-12-29-25/h1-9,12,15,19,22H,10-11,13-14,16-17H2,(H,30,32). The van der Waals surface area contributed by atoms with Crippen molar-refractivity contribution in [1.29, 1.82) is 0 Å². The van der Waals surface area contributed by atoms with Crippen molar-refractivity contribution >= 4 is 17.7 Å². The fourth-order valence-corrected chi connectivity index (χ4v) is 6.31. The molecule has 1 amide bonds. The normalized spacial score (nSPS) is 23.7. The number of fused-ring (bicyclic) bond motifs is 8. The summed E-state index contributed by atoms with van der Waals surface area (Å²) in [6.07, 6.45) is 4.11. The van der Waals surface area contributed by atoms with Crippen LogP contribution in [0.15, 0.2) is 66.9 Å². The van der Waals surface area contributed by atoms with Gasteiger partial charge < -0.3 is 15.0 Å². The van der Waals surface area contributed by atoms with Gasteiger partial charge in [0.15, 0.2) is 0 Å². The van der Waals surface area contributed by atoms with Gasteiger partial charge in [-0.2, -0.15) is 0 Å². The average Bonchev–Trinajstić information content (AvgIpc) is 3.32. The fraction of sp³-hybridized carbons (Fsp3) is 0.333. The Kier molecular flexibility index (Phi) is 5.11. The third-order valence-electron chi connectivity index (χ3n) is 7.55. The van der Waals surface area contributed by atoms with E-state index in [2.05, 4.69) is 51.6 Å². The van der Waals surface area contributed by atoms with E-state index in [4.69, 9.17) is 16.3 Å². The van der Waals surface area contributed by atoms with Crippen molar-refractivity contribution in [3.05, 3.63) is 94.1 Å². The Morgan fingerprint density at radius 3 is 2.67 bits per heavy atom. The summed E-state index contributed by atoms with van der Waals surface area (Å²) in [6.45, 7) is 2.87. The van der Waals surface area contributed by atoms with Crippen molar-refractivity contribution < 1.29 is 9.53 Å². The highest BCUT2D eigenvalue weighted by Gasteiger charge is 2.53. The number of pyridine rings is 1. The molecule has 0 saturated carbocycles. The summed E-state index contributed by atoms with van der Waals surface area (Å²) in [5, 5.41) is 3.82. The van der Waals surface area contributed by atoms with Gasteiger partial charge in [-0.3, -0.25) is 0 Å². The number of carbonyl (C=O) groups excluding carboxylic acids is 1. The summed E-state index contributed by atoms with van der Waals surface area (Å²) >= 11 is 6.45. The molecule has 5 nitrogen and oxygen atoms in total. The number of ether oxygens (including phenoxy) is 1. The number of hydrogen-bond acceptors (Lipinski definition) is 4. The molecule has 1 aliphatic heterocycles. The zero-order valence-corrected chi connectivity index (χ0v) is 19.1. The first-order chi connectivity index (χ1) is 16.1. The molecule has 1 aromatic heterocycles. The molecular weight excluding hydrogens is 434 g/mol. The Morgan fingerprint density at radius 2 is 1.85 bits per heavy atom. The van der Waals surface area contributed by atoms with E-state index in [1.54, 1.807) is 24.4 Å². The van der Waals surface area contributed by atoms with Crippen LogP contribution in [-0.4, -0.2) is 41.7 Å². The predicted octanol–water partition coefficient (Wildman–Crippen LogP) is 5.12. The number of aromatic nitrogens is 1. The Labute approximate surface area is 198 Å². The summed E-state index contributed by atoms with van der Waals surface area (Å²) < 4.78 is 5.29. The van der Waals surface area contributed by atoms with E-state index in [-0.39, 0.29) is 11.5 Å². The van der Waals surface area contributed by atoms with Crippen LogP contribution in [0.4, 0.5) is 4.79 Å². The summed E-state index contributed by atoms with van der Waals surface area (Å²) in [7, 11) is 0. The van der Waals surface area contributed by atoms with Gasteiger partial charge in [0.25, 0.3) is 0 Å². The van der Waals surface area contributed by atoms with Crippen LogP contribution < -0.4 is 10.1 Å². The molecule has 2 bridgehead atoms. The van der Waals surface area contributed by atoms with Crippen LogP contribution in [-0.2, 0) is 5.41 Å². The van der Waals surface area contributed by atoms with Crippen molar-refractivity contribution in [2.45, 2.75) is 36.6 Å². The second kappa shape index (κ2) is 8.15. The van der Waals surface area contributed by atoms with E-state index < -0.39 is 6.09 Å². The highest BCUT2D eigenvalue weighted by molar-refractivity contribution is 6.30. The van der Waals surface area contributed by atoms with E-state index in [0.717, 1.165) is 43.9 Å². The fourth-order valence-electron chi connectivity index (χ4n) is 6.13. The minimum Gasteiger partial charge on any atom is -0.391 e. The van der Waals surface area contributed by atoms with Crippen LogP contribution in [0, 0.1) is 0 Å². The molecule has 0 spiro atoms. The Bertz CT molecular complexity index is 1190. The number of nitrogens with zero attached hydrogens (tertiary/aromatic N) is 2. The van der Waals surface area contributed by atoms with Crippen LogP contribution in [0.2, 0.25) is 5.02 Å². The van der Waals surface area contributed by atoms with Crippen LogP contribution in [0.1, 0.15) is 47.4 Å². The lowest BCUT2D eigenvalue weighted by molar-refractivity contribution is 0.158. The molecule has 2 atom stereocenters. The Balaban J connectivity index is 1.15. The summed E-state index contributed by atoms with van der Waals surface area (Å²) in [5.41, 5.74) is 5.77. The van der Waals surface area contributed by atoms with Gasteiger partial charge in [-0.15, -0.1) is 0 Å². The lowest BCUT2D eigenvalue weighted by atomic mass is 9.74. The topological polar surface area (TPSA) is 54.5 Å². The van der Waals surface area contributed by atoms with Gasteiger partial charge in [0.05, 0.1) is 0 Å². The smallest absolute Gasteiger partial charge is 0.391 e. The molecule has 168 valence electrons. The molecular formula is C27H26ClN3O2. The van der Waals surface area contributed by atoms with Crippen molar-refractivity contribution in [3.63, 3.8) is 0 Å². The van der Waals surface area contributed by atoms with Crippen LogP contribution in [0.5, 0.6) is 5.88 Å². The number of nitrogens with one attached hydrogen (secondary N) is 1. The summed E-state index contributed by atoms with van der Waals surface area (Å²) in [6, 6.07) is 20.7. The molecule has 33 heavy (non-hydrogen) atoms. The molecule has 6 heteroatoms. The average molecular weight is 460 g/mol. The minimum absolute atomic E-state index is 0.000330. The Hall–Kier alpha value is -2.89.